The summed E-state index contributed by atoms with van der Waals surface area (Å²) in [5, 5.41) is 9.70. The molecule has 1 heterocycles. The van der Waals surface area contributed by atoms with Gasteiger partial charge in [0, 0.05) is 5.56 Å². The average molecular weight is 280 g/mol. The van der Waals surface area contributed by atoms with Gasteiger partial charge in [0.1, 0.15) is 18.2 Å². The van der Waals surface area contributed by atoms with Crippen molar-refractivity contribution in [3.8, 4) is 5.75 Å². The Bertz CT molecular complexity index is 563. The fraction of sp³-hybridized carbons (Fsp3) is 0.154. The third-order valence-electron chi connectivity index (χ3n) is 2.57. The predicted octanol–water partition coefficient (Wildman–Crippen LogP) is 2.09. The lowest BCUT2D eigenvalue weighted by molar-refractivity contribution is 0.257. The number of ether oxygens (including phenoxy) is 1. The van der Waals surface area contributed by atoms with E-state index in [1.165, 1.54) is 0 Å². The molecule has 0 bridgehead atoms. The van der Waals surface area contributed by atoms with Gasteiger partial charge in [-0.1, -0.05) is 29.8 Å². The second kappa shape index (κ2) is 6.38. The lowest BCUT2D eigenvalue weighted by atomic mass is 10.2. The number of aliphatic hydroxyl groups is 1. The van der Waals surface area contributed by atoms with E-state index in [2.05, 4.69) is 10.4 Å². The fourth-order valence-electron chi connectivity index (χ4n) is 1.59. The zero-order valence-corrected chi connectivity index (χ0v) is 10.9. The smallest absolute Gasteiger partial charge is 0.140 e. The number of aromatic nitrogens is 1. The number of anilines is 1. The maximum absolute atomic E-state index is 9.20. The molecule has 0 radical (unpaired) electrons. The summed E-state index contributed by atoms with van der Waals surface area (Å²) >= 11 is 6.03. The molecule has 4 N–H and O–H groups in total. The first-order valence-electron chi connectivity index (χ1n) is 5.68. The number of hydrogen-bond donors (Lipinski definition) is 3. The van der Waals surface area contributed by atoms with Crippen molar-refractivity contribution in [2.45, 2.75) is 13.2 Å². The first-order chi connectivity index (χ1) is 9.24. The first kappa shape index (κ1) is 13.6. The highest BCUT2D eigenvalue weighted by Gasteiger charge is 2.07. The van der Waals surface area contributed by atoms with Crippen LogP contribution in [0.3, 0.4) is 0 Å². The summed E-state index contributed by atoms with van der Waals surface area (Å²) in [6, 6.07) is 10.6. The monoisotopic (exact) mass is 279 g/mol. The fourth-order valence-corrected chi connectivity index (χ4v) is 1.75. The molecule has 1 aromatic carbocycles. The van der Waals surface area contributed by atoms with Crippen molar-refractivity contribution < 1.29 is 9.84 Å². The highest BCUT2D eigenvalue weighted by molar-refractivity contribution is 6.31. The second-order valence-corrected chi connectivity index (χ2v) is 4.23. The van der Waals surface area contributed by atoms with Gasteiger partial charge >= 0.3 is 0 Å². The van der Waals surface area contributed by atoms with E-state index < -0.39 is 0 Å². The summed E-state index contributed by atoms with van der Waals surface area (Å²) in [5.41, 5.74) is 3.74. The number of para-hydroxylation sites is 1. The number of aliphatic hydroxyl groups excluding tert-OH is 1. The van der Waals surface area contributed by atoms with Gasteiger partial charge in [0.2, 0.25) is 0 Å². The SMILES string of the molecule is NNc1ccc(Cl)c(COc2ccccc2CO)n1. The van der Waals surface area contributed by atoms with E-state index in [1.54, 1.807) is 24.3 Å². The van der Waals surface area contributed by atoms with Gasteiger partial charge < -0.3 is 15.3 Å². The Hall–Kier alpha value is -1.82. The number of halogens is 1. The number of nitrogens with zero attached hydrogens (tertiary/aromatic N) is 1. The van der Waals surface area contributed by atoms with Crippen LogP contribution in [0.1, 0.15) is 11.3 Å². The van der Waals surface area contributed by atoms with Crippen LogP contribution in [0.15, 0.2) is 36.4 Å². The van der Waals surface area contributed by atoms with Crippen LogP contribution in [0.4, 0.5) is 5.82 Å². The highest BCUT2D eigenvalue weighted by atomic mass is 35.5. The van der Waals surface area contributed by atoms with Gasteiger partial charge in [-0.2, -0.15) is 0 Å². The molecule has 100 valence electrons. The summed E-state index contributed by atoms with van der Waals surface area (Å²) in [4.78, 5) is 4.21. The Morgan fingerprint density at radius 3 is 2.79 bits per heavy atom. The van der Waals surface area contributed by atoms with Gasteiger partial charge in [-0.3, -0.25) is 0 Å². The zero-order chi connectivity index (χ0) is 13.7. The zero-order valence-electron chi connectivity index (χ0n) is 10.1. The molecule has 0 atom stereocenters. The minimum Gasteiger partial charge on any atom is -0.487 e. The maximum Gasteiger partial charge on any atom is 0.140 e. The van der Waals surface area contributed by atoms with Crippen molar-refractivity contribution in [3.05, 3.63) is 52.7 Å². The Kier molecular flexibility index (Phi) is 4.57. The summed E-state index contributed by atoms with van der Waals surface area (Å²) in [6.45, 7) is 0.118. The molecule has 0 aliphatic heterocycles. The molecule has 0 amide bonds. The van der Waals surface area contributed by atoms with E-state index in [0.29, 0.717) is 27.8 Å². The molecule has 6 heteroatoms. The molecule has 0 aliphatic rings. The van der Waals surface area contributed by atoms with Crippen LogP contribution in [0.25, 0.3) is 0 Å². The number of pyridine rings is 1. The van der Waals surface area contributed by atoms with E-state index in [4.69, 9.17) is 22.2 Å². The van der Waals surface area contributed by atoms with Crippen LogP contribution in [0, 0.1) is 0 Å². The summed E-state index contributed by atoms with van der Waals surface area (Å²) in [5.74, 6) is 6.41. The quantitative estimate of drug-likeness (QED) is 0.577. The van der Waals surface area contributed by atoms with E-state index in [-0.39, 0.29) is 13.2 Å². The molecule has 0 unspecified atom stereocenters. The van der Waals surface area contributed by atoms with Gasteiger partial charge in [0.25, 0.3) is 0 Å². The standard InChI is InChI=1S/C13H14ClN3O2/c14-10-5-6-13(17-15)16-11(10)8-19-12-4-2-1-3-9(12)7-18/h1-6,18H,7-8,15H2,(H,16,17). The van der Waals surface area contributed by atoms with Crippen LogP contribution >= 0.6 is 11.6 Å². The van der Waals surface area contributed by atoms with Gasteiger partial charge in [0.15, 0.2) is 0 Å². The number of rotatable bonds is 5. The van der Waals surface area contributed by atoms with E-state index >= 15 is 0 Å². The largest absolute Gasteiger partial charge is 0.487 e. The molecule has 2 rings (SSSR count). The molecule has 0 spiro atoms. The van der Waals surface area contributed by atoms with Crippen LogP contribution < -0.4 is 16.0 Å². The molecular weight excluding hydrogens is 266 g/mol. The van der Waals surface area contributed by atoms with Crippen molar-refractivity contribution >= 4 is 17.4 Å². The number of nitrogens with two attached hydrogens (primary N) is 1. The van der Waals surface area contributed by atoms with Gasteiger partial charge in [-0.25, -0.2) is 10.8 Å². The number of benzene rings is 1. The highest BCUT2D eigenvalue weighted by Crippen LogP contribution is 2.22. The summed E-state index contributed by atoms with van der Waals surface area (Å²) in [7, 11) is 0. The van der Waals surface area contributed by atoms with Gasteiger partial charge in [0.05, 0.1) is 17.3 Å². The predicted molar refractivity (Wildman–Crippen MR) is 73.8 cm³/mol. The van der Waals surface area contributed by atoms with Crippen LogP contribution in [-0.2, 0) is 13.2 Å². The lowest BCUT2D eigenvalue weighted by Crippen LogP contribution is -2.10. The molecule has 5 nitrogen and oxygen atoms in total. The molecule has 1 aromatic heterocycles. The third kappa shape index (κ3) is 3.35. The molecule has 0 saturated carbocycles. The van der Waals surface area contributed by atoms with Crippen molar-refractivity contribution in [2.24, 2.45) is 5.84 Å². The van der Waals surface area contributed by atoms with Crippen LogP contribution in [-0.4, -0.2) is 10.1 Å². The Balaban J connectivity index is 2.14. The first-order valence-corrected chi connectivity index (χ1v) is 6.06. The number of hydrazine groups is 1. The van der Waals surface area contributed by atoms with Crippen molar-refractivity contribution in [1.29, 1.82) is 0 Å². The maximum atomic E-state index is 9.20. The van der Waals surface area contributed by atoms with E-state index in [9.17, 15) is 5.11 Å². The minimum absolute atomic E-state index is 0.0816. The van der Waals surface area contributed by atoms with Crippen molar-refractivity contribution in [3.63, 3.8) is 0 Å². The van der Waals surface area contributed by atoms with E-state index in [1.807, 2.05) is 12.1 Å². The number of nitrogen functional groups attached to an aromatic ring is 1. The second-order valence-electron chi connectivity index (χ2n) is 3.82. The van der Waals surface area contributed by atoms with Crippen LogP contribution in [0.2, 0.25) is 5.02 Å². The molecule has 0 fully saturated rings. The molecular formula is C13H14ClN3O2. The average Bonchev–Trinajstić information content (AvgIpc) is 2.46. The molecule has 0 saturated heterocycles. The summed E-state index contributed by atoms with van der Waals surface area (Å²) < 4.78 is 5.62. The third-order valence-corrected chi connectivity index (χ3v) is 2.92. The van der Waals surface area contributed by atoms with Gasteiger partial charge in [-0.15, -0.1) is 0 Å². The Morgan fingerprint density at radius 2 is 2.05 bits per heavy atom. The number of nitrogens with one attached hydrogen (secondary N) is 1. The number of hydrogen-bond acceptors (Lipinski definition) is 5. The van der Waals surface area contributed by atoms with Crippen molar-refractivity contribution in [1.82, 2.24) is 4.98 Å². The van der Waals surface area contributed by atoms with E-state index in [0.717, 1.165) is 0 Å². The molecule has 0 aliphatic carbocycles. The lowest BCUT2D eigenvalue weighted by Gasteiger charge is -2.11. The topological polar surface area (TPSA) is 80.4 Å². The normalized spacial score (nSPS) is 10.3. The Morgan fingerprint density at radius 1 is 1.26 bits per heavy atom. The van der Waals surface area contributed by atoms with Crippen molar-refractivity contribution in [2.75, 3.05) is 5.43 Å². The summed E-state index contributed by atoms with van der Waals surface area (Å²) in [6.07, 6.45) is 0. The van der Waals surface area contributed by atoms with Gasteiger partial charge in [-0.05, 0) is 18.2 Å². The van der Waals surface area contributed by atoms with Crippen LogP contribution in [0.5, 0.6) is 5.75 Å². The molecule has 2 aromatic rings. The Labute approximate surface area is 116 Å². The minimum atomic E-state index is -0.0816. The molecule has 19 heavy (non-hydrogen) atoms.